The van der Waals surface area contributed by atoms with Gasteiger partial charge in [-0.1, -0.05) is 11.6 Å². The van der Waals surface area contributed by atoms with Crippen LogP contribution in [0.1, 0.15) is 18.4 Å². The summed E-state index contributed by atoms with van der Waals surface area (Å²) >= 11 is 5.78. The first-order valence-corrected chi connectivity index (χ1v) is 5.83. The lowest BCUT2D eigenvalue weighted by atomic mass is 9.87. The molecule has 0 aromatic heterocycles. The van der Waals surface area contributed by atoms with Crippen LogP contribution in [0.25, 0.3) is 0 Å². The van der Waals surface area contributed by atoms with Crippen LogP contribution in [-0.4, -0.2) is 23.8 Å². The van der Waals surface area contributed by atoms with Crippen LogP contribution >= 0.6 is 11.6 Å². The Labute approximate surface area is 99.4 Å². The molecule has 1 heterocycles. The van der Waals surface area contributed by atoms with Gasteiger partial charge < -0.3 is 10.4 Å². The fourth-order valence-electron chi connectivity index (χ4n) is 2.20. The van der Waals surface area contributed by atoms with E-state index in [4.69, 9.17) is 11.6 Å². The van der Waals surface area contributed by atoms with Crippen LogP contribution in [0.4, 0.5) is 4.39 Å². The Hall–Kier alpha value is -0.640. The van der Waals surface area contributed by atoms with Gasteiger partial charge in [0.15, 0.2) is 0 Å². The van der Waals surface area contributed by atoms with Crippen molar-refractivity contribution in [1.82, 2.24) is 5.32 Å². The molecule has 4 heteroatoms. The second-order valence-electron chi connectivity index (χ2n) is 4.46. The Kier molecular flexibility index (Phi) is 3.47. The number of hydrogen-bond acceptors (Lipinski definition) is 2. The van der Waals surface area contributed by atoms with E-state index in [0.717, 1.165) is 24.9 Å². The smallest absolute Gasteiger partial charge is 0.124 e. The van der Waals surface area contributed by atoms with Crippen molar-refractivity contribution < 1.29 is 9.50 Å². The van der Waals surface area contributed by atoms with E-state index in [1.54, 1.807) is 6.07 Å². The number of piperidine rings is 1. The molecule has 0 radical (unpaired) electrons. The number of hydrogen-bond donors (Lipinski definition) is 2. The monoisotopic (exact) mass is 243 g/mol. The third-order valence-electron chi connectivity index (χ3n) is 2.91. The van der Waals surface area contributed by atoms with Crippen molar-refractivity contribution in [2.75, 3.05) is 13.1 Å². The molecule has 1 unspecified atom stereocenters. The van der Waals surface area contributed by atoms with Crippen molar-refractivity contribution in [3.05, 3.63) is 34.6 Å². The molecule has 2 N–H and O–H groups in total. The molecule has 16 heavy (non-hydrogen) atoms. The maximum absolute atomic E-state index is 13.1. The van der Waals surface area contributed by atoms with Gasteiger partial charge in [0.1, 0.15) is 5.82 Å². The van der Waals surface area contributed by atoms with Gasteiger partial charge in [0.05, 0.1) is 5.60 Å². The van der Waals surface area contributed by atoms with Crippen LogP contribution in [0.5, 0.6) is 0 Å². The molecule has 1 aliphatic heterocycles. The fourth-order valence-corrected chi connectivity index (χ4v) is 2.44. The van der Waals surface area contributed by atoms with Gasteiger partial charge in [-0.15, -0.1) is 0 Å². The molecule has 1 atom stereocenters. The molecule has 1 aliphatic rings. The van der Waals surface area contributed by atoms with Crippen LogP contribution in [0.2, 0.25) is 5.02 Å². The number of β-amino-alcohol motifs (C(OH)–C–C–N with tert-alkyl or cyclic N) is 1. The highest BCUT2D eigenvalue weighted by Gasteiger charge is 2.29. The lowest BCUT2D eigenvalue weighted by Crippen LogP contribution is -2.47. The minimum Gasteiger partial charge on any atom is -0.388 e. The molecule has 0 amide bonds. The lowest BCUT2D eigenvalue weighted by Gasteiger charge is -2.32. The van der Waals surface area contributed by atoms with Gasteiger partial charge in [-0.25, -0.2) is 4.39 Å². The first kappa shape index (κ1) is 11.8. The summed E-state index contributed by atoms with van der Waals surface area (Å²) in [6, 6.07) is 4.41. The Morgan fingerprint density at radius 3 is 2.88 bits per heavy atom. The summed E-state index contributed by atoms with van der Waals surface area (Å²) in [5.41, 5.74) is -0.0220. The molecule has 0 bridgehead atoms. The van der Waals surface area contributed by atoms with Crippen molar-refractivity contribution in [3.63, 3.8) is 0 Å². The number of halogens is 2. The number of aliphatic hydroxyl groups is 1. The third-order valence-corrected chi connectivity index (χ3v) is 3.12. The Bertz CT molecular complexity index is 357. The average Bonchev–Trinajstić information content (AvgIpc) is 2.15. The Morgan fingerprint density at radius 1 is 1.44 bits per heavy atom. The van der Waals surface area contributed by atoms with Gasteiger partial charge in [0.2, 0.25) is 0 Å². The van der Waals surface area contributed by atoms with Gasteiger partial charge in [0, 0.05) is 18.0 Å². The zero-order valence-electron chi connectivity index (χ0n) is 8.97. The third kappa shape index (κ3) is 2.94. The number of nitrogens with one attached hydrogen (secondary N) is 1. The molecule has 88 valence electrons. The second-order valence-corrected chi connectivity index (χ2v) is 4.90. The summed E-state index contributed by atoms with van der Waals surface area (Å²) in [5, 5.41) is 13.8. The van der Waals surface area contributed by atoms with E-state index in [0.29, 0.717) is 18.0 Å². The van der Waals surface area contributed by atoms with Crippen LogP contribution in [0.15, 0.2) is 18.2 Å². The summed E-state index contributed by atoms with van der Waals surface area (Å²) in [4.78, 5) is 0. The summed E-state index contributed by atoms with van der Waals surface area (Å²) in [5.74, 6) is -0.352. The van der Waals surface area contributed by atoms with E-state index in [1.165, 1.54) is 12.1 Å². The highest BCUT2D eigenvalue weighted by Crippen LogP contribution is 2.23. The van der Waals surface area contributed by atoms with Crippen molar-refractivity contribution in [2.45, 2.75) is 24.9 Å². The quantitative estimate of drug-likeness (QED) is 0.834. The first-order valence-electron chi connectivity index (χ1n) is 5.45. The van der Waals surface area contributed by atoms with Crippen LogP contribution in [-0.2, 0) is 6.42 Å². The summed E-state index contributed by atoms with van der Waals surface area (Å²) < 4.78 is 13.1. The van der Waals surface area contributed by atoms with Crippen LogP contribution < -0.4 is 5.32 Å². The van der Waals surface area contributed by atoms with Crippen molar-refractivity contribution in [2.24, 2.45) is 0 Å². The molecular formula is C12H15ClFNO. The Morgan fingerprint density at radius 2 is 2.25 bits per heavy atom. The fraction of sp³-hybridized carbons (Fsp3) is 0.500. The predicted molar refractivity (Wildman–Crippen MR) is 62.2 cm³/mol. The van der Waals surface area contributed by atoms with E-state index < -0.39 is 5.60 Å². The summed E-state index contributed by atoms with van der Waals surface area (Å²) in [6.07, 6.45) is 2.13. The molecule has 2 nitrogen and oxygen atoms in total. The molecule has 1 fully saturated rings. The minimum absolute atomic E-state index is 0.352. The molecule has 1 saturated heterocycles. The number of rotatable bonds is 2. The molecule has 0 aliphatic carbocycles. The molecule has 1 aromatic carbocycles. The maximum atomic E-state index is 13.1. The van der Waals surface area contributed by atoms with Gasteiger partial charge in [0.25, 0.3) is 0 Å². The van der Waals surface area contributed by atoms with Gasteiger partial charge in [-0.05, 0) is 43.1 Å². The molecule has 2 rings (SSSR count). The highest BCUT2D eigenvalue weighted by molar-refractivity contribution is 6.30. The SMILES string of the molecule is OC1(Cc2cc(F)cc(Cl)c2)CCCNC1. The molecule has 0 saturated carbocycles. The average molecular weight is 244 g/mol. The largest absolute Gasteiger partial charge is 0.388 e. The van der Waals surface area contributed by atoms with E-state index in [9.17, 15) is 9.50 Å². The van der Waals surface area contributed by atoms with Gasteiger partial charge >= 0.3 is 0 Å². The van der Waals surface area contributed by atoms with E-state index in [1.807, 2.05) is 0 Å². The molecule has 1 aromatic rings. The van der Waals surface area contributed by atoms with Crippen molar-refractivity contribution in [3.8, 4) is 0 Å². The van der Waals surface area contributed by atoms with Crippen molar-refractivity contribution in [1.29, 1.82) is 0 Å². The van der Waals surface area contributed by atoms with Crippen molar-refractivity contribution >= 4 is 11.6 Å². The van der Waals surface area contributed by atoms with Gasteiger partial charge in [-0.3, -0.25) is 0 Å². The highest BCUT2D eigenvalue weighted by atomic mass is 35.5. The minimum atomic E-state index is -0.768. The number of benzene rings is 1. The van der Waals surface area contributed by atoms with Crippen LogP contribution in [0, 0.1) is 5.82 Å². The van der Waals surface area contributed by atoms with E-state index in [-0.39, 0.29) is 5.82 Å². The van der Waals surface area contributed by atoms with E-state index >= 15 is 0 Å². The lowest BCUT2D eigenvalue weighted by molar-refractivity contribution is 0.0169. The topological polar surface area (TPSA) is 32.3 Å². The molecule has 0 spiro atoms. The maximum Gasteiger partial charge on any atom is 0.124 e. The Balaban J connectivity index is 2.13. The van der Waals surface area contributed by atoms with Gasteiger partial charge in [-0.2, -0.15) is 0 Å². The second kappa shape index (κ2) is 4.70. The summed E-state index contributed by atoms with van der Waals surface area (Å²) in [6.45, 7) is 1.49. The van der Waals surface area contributed by atoms with E-state index in [2.05, 4.69) is 5.32 Å². The predicted octanol–water partition coefficient (Wildman–Crippen LogP) is 2.14. The summed E-state index contributed by atoms with van der Waals surface area (Å²) in [7, 11) is 0. The molecular weight excluding hydrogens is 229 g/mol. The normalized spacial score (nSPS) is 25.7. The zero-order valence-corrected chi connectivity index (χ0v) is 9.73. The zero-order chi connectivity index (χ0) is 11.6. The standard InChI is InChI=1S/C12H15ClFNO/c13-10-4-9(5-11(14)6-10)7-12(16)2-1-3-15-8-12/h4-6,15-16H,1-3,7-8H2. The van der Waals surface area contributed by atoms with Crippen LogP contribution in [0.3, 0.4) is 0 Å². The first-order chi connectivity index (χ1) is 7.57.